The van der Waals surface area contributed by atoms with E-state index in [0.717, 1.165) is 0 Å². The first-order valence-corrected chi connectivity index (χ1v) is 6.80. The number of halogens is 1. The van der Waals surface area contributed by atoms with Crippen LogP contribution in [0.4, 0.5) is 0 Å². The van der Waals surface area contributed by atoms with Gasteiger partial charge in [0, 0.05) is 23.2 Å². The number of nitrogens with zero attached hydrogens (tertiary/aromatic N) is 1. The van der Waals surface area contributed by atoms with Crippen LogP contribution in [0, 0.1) is 6.92 Å². The van der Waals surface area contributed by atoms with Gasteiger partial charge in [-0.3, -0.25) is 9.59 Å². The lowest BCUT2D eigenvalue weighted by molar-refractivity contribution is -0.136. The second-order valence-corrected chi connectivity index (χ2v) is 5.10. The maximum atomic E-state index is 11.9. The minimum atomic E-state index is -1.11. The molecule has 0 bridgehead atoms. The third kappa shape index (κ3) is 3.62. The van der Waals surface area contributed by atoms with Crippen LogP contribution >= 0.6 is 11.6 Å². The molecule has 114 valence electrons. The van der Waals surface area contributed by atoms with Gasteiger partial charge < -0.3 is 10.2 Å². The number of carboxylic acid groups (broad SMARTS) is 1. The zero-order chi connectivity index (χ0) is 18.0. The molecule has 2 aromatic rings. The highest BCUT2D eigenvalue weighted by Gasteiger charge is 2.16. The first-order valence-electron chi connectivity index (χ1n) is 7.43. The fourth-order valence-electron chi connectivity index (χ4n) is 1.95. The largest absolute Gasteiger partial charge is 0.506 e. The van der Waals surface area contributed by atoms with E-state index in [9.17, 15) is 14.7 Å². The highest BCUT2D eigenvalue weighted by atomic mass is 35.5. The van der Waals surface area contributed by atoms with Gasteiger partial charge in [0.25, 0.3) is 0 Å². The number of aromatic hydroxyl groups is 1. The average molecular weight is 322 g/mol. The molecular formula is C16H14ClNO4. The van der Waals surface area contributed by atoms with Crippen molar-refractivity contribution < 1.29 is 22.5 Å². The quantitative estimate of drug-likeness (QED) is 0.823. The summed E-state index contributed by atoms with van der Waals surface area (Å²) >= 11 is 5.93. The molecule has 0 aliphatic heterocycles. The Morgan fingerprint density at radius 3 is 2.68 bits per heavy atom. The van der Waals surface area contributed by atoms with E-state index < -0.39 is 11.8 Å². The van der Waals surface area contributed by atoms with E-state index in [0.29, 0.717) is 16.7 Å². The molecule has 0 atom stereocenters. The van der Waals surface area contributed by atoms with Crippen LogP contribution in [0.5, 0.6) is 5.75 Å². The van der Waals surface area contributed by atoms with Gasteiger partial charge in [-0.05, 0) is 36.2 Å². The van der Waals surface area contributed by atoms with Crippen LogP contribution < -0.4 is 0 Å². The van der Waals surface area contributed by atoms with Gasteiger partial charge in [-0.25, -0.2) is 4.98 Å². The van der Waals surface area contributed by atoms with Crippen molar-refractivity contribution in [3.05, 3.63) is 46.7 Å². The number of benzene rings is 1. The number of rotatable bonds is 5. The summed E-state index contributed by atoms with van der Waals surface area (Å²) in [7, 11) is 0. The molecule has 0 fully saturated rings. The number of carboxylic acids is 1. The zero-order valence-corrected chi connectivity index (χ0v) is 12.4. The molecule has 5 nitrogen and oxygen atoms in total. The van der Waals surface area contributed by atoms with Gasteiger partial charge >= 0.3 is 5.97 Å². The number of hydrogen-bond acceptors (Lipinski definition) is 4. The van der Waals surface area contributed by atoms with Gasteiger partial charge in [-0.15, -0.1) is 0 Å². The topological polar surface area (TPSA) is 87.5 Å². The molecule has 1 aromatic heterocycles. The smallest absolute Gasteiger partial charge is 0.303 e. The molecule has 1 aromatic carbocycles. The number of carbonyl (C=O) groups is 2. The van der Waals surface area contributed by atoms with Gasteiger partial charge in [0.2, 0.25) is 0 Å². The molecule has 0 amide bonds. The monoisotopic (exact) mass is 321 g/mol. The van der Waals surface area contributed by atoms with Crippen molar-refractivity contribution in [2.45, 2.75) is 19.8 Å². The maximum Gasteiger partial charge on any atom is 0.303 e. The summed E-state index contributed by atoms with van der Waals surface area (Å²) in [5, 5.41) is 18.7. The van der Waals surface area contributed by atoms with Crippen molar-refractivity contribution in [3.8, 4) is 16.9 Å². The highest BCUT2D eigenvalue weighted by molar-refractivity contribution is 6.30. The first-order chi connectivity index (χ1) is 11.2. The summed E-state index contributed by atoms with van der Waals surface area (Å²) in [5.74, 6) is -2.05. The number of aliphatic carboxylic acids is 1. The Morgan fingerprint density at radius 2 is 2.05 bits per heavy atom. The molecule has 0 saturated heterocycles. The van der Waals surface area contributed by atoms with Crippen LogP contribution in [0.2, 0.25) is 5.02 Å². The molecule has 1 heterocycles. The second-order valence-electron chi connectivity index (χ2n) is 4.69. The van der Waals surface area contributed by atoms with E-state index in [2.05, 4.69) is 4.98 Å². The molecule has 22 heavy (non-hydrogen) atoms. The summed E-state index contributed by atoms with van der Waals surface area (Å²) in [6, 6.07) is 2.69. The lowest BCUT2D eigenvalue weighted by Gasteiger charge is -2.09. The molecule has 0 unspecified atom stereocenters. The number of carbonyl (C=O) groups excluding carboxylic acids is 1. The van der Waals surface area contributed by atoms with Crippen LogP contribution in [0.15, 0.2) is 30.4 Å². The molecular weight excluding hydrogens is 306 g/mol. The van der Waals surface area contributed by atoms with Crippen molar-refractivity contribution >= 4 is 23.4 Å². The van der Waals surface area contributed by atoms with Gasteiger partial charge in [-0.2, -0.15) is 0 Å². The minimum Gasteiger partial charge on any atom is -0.506 e. The molecule has 0 aliphatic carbocycles. The number of ketones is 1. The van der Waals surface area contributed by atoms with Gasteiger partial charge in [0.05, 0.1) is 9.16 Å². The summed E-state index contributed by atoms with van der Waals surface area (Å²) in [5.41, 5.74) is 1.26. The summed E-state index contributed by atoms with van der Waals surface area (Å²) in [6.45, 7) is 1.65. The zero-order valence-electron chi connectivity index (χ0n) is 13.7. The van der Waals surface area contributed by atoms with E-state index >= 15 is 0 Å². The lowest BCUT2D eigenvalue weighted by atomic mass is 10.0. The average Bonchev–Trinajstić information content (AvgIpc) is 2.53. The Labute approximate surface area is 135 Å². The second kappa shape index (κ2) is 6.58. The van der Waals surface area contributed by atoms with Crippen molar-refractivity contribution in [1.29, 1.82) is 0 Å². The summed E-state index contributed by atoms with van der Waals surface area (Å²) < 4.78 is 15.6. The van der Waals surface area contributed by atoms with Gasteiger partial charge in [0.1, 0.15) is 11.4 Å². The van der Waals surface area contributed by atoms with Crippen LogP contribution in [0.25, 0.3) is 11.1 Å². The normalized spacial score (nSPS) is 11.7. The molecule has 0 spiro atoms. The molecule has 2 N–H and O–H groups in total. The molecule has 0 saturated carbocycles. The summed E-state index contributed by atoms with van der Waals surface area (Å²) in [6.07, 6.45) is 0.740. The highest BCUT2D eigenvalue weighted by Crippen LogP contribution is 2.29. The Kier molecular flexibility index (Phi) is 3.97. The SMILES string of the molecule is [2H]c1c(Cl)cc(-c2cnc(C(=O)CCC(=O)O)c(O)c2)c(C)c1[2H]. The minimum absolute atomic E-state index is 0.0291. The van der Waals surface area contributed by atoms with Gasteiger partial charge in [0.15, 0.2) is 5.78 Å². The maximum absolute atomic E-state index is 11.9. The Balaban J connectivity index is 2.40. The Morgan fingerprint density at radius 1 is 1.32 bits per heavy atom. The molecule has 6 heteroatoms. The van der Waals surface area contributed by atoms with Gasteiger partial charge in [-0.1, -0.05) is 17.6 Å². The molecule has 2 rings (SSSR count). The van der Waals surface area contributed by atoms with Crippen LogP contribution in [-0.4, -0.2) is 26.9 Å². The van der Waals surface area contributed by atoms with Crippen molar-refractivity contribution in [2.75, 3.05) is 0 Å². The van der Waals surface area contributed by atoms with Crippen molar-refractivity contribution in [3.63, 3.8) is 0 Å². The van der Waals surface area contributed by atoms with Crippen LogP contribution in [0.1, 0.15) is 31.6 Å². The number of Topliss-reactive ketones (excluding diaryl/α,β-unsaturated/α-hetero) is 1. The van der Waals surface area contributed by atoms with E-state index in [4.69, 9.17) is 19.4 Å². The fraction of sp³-hybridized carbons (Fsp3) is 0.188. The Hall–Kier alpha value is -2.40. The predicted octanol–water partition coefficient (Wildman–Crippen LogP) is 3.46. The van der Waals surface area contributed by atoms with Crippen molar-refractivity contribution in [2.24, 2.45) is 0 Å². The standard InChI is InChI=1S/C16H14ClNO4/c1-9-2-3-11(17)7-12(9)10-6-14(20)16(18-8-10)13(19)4-5-15(21)22/h2-3,6-8,20H,4-5H2,1H3,(H,21,22)/i2D,3D. The third-order valence-electron chi connectivity index (χ3n) is 3.05. The van der Waals surface area contributed by atoms with E-state index in [-0.39, 0.29) is 41.4 Å². The van der Waals surface area contributed by atoms with Crippen LogP contribution in [-0.2, 0) is 4.79 Å². The van der Waals surface area contributed by atoms with E-state index in [1.54, 1.807) is 6.92 Å². The predicted molar refractivity (Wildman–Crippen MR) is 82.3 cm³/mol. The Bertz CT molecular complexity index is 839. The number of hydrogen-bond donors (Lipinski definition) is 2. The molecule has 0 aliphatic rings. The van der Waals surface area contributed by atoms with Crippen molar-refractivity contribution in [1.82, 2.24) is 4.98 Å². The first kappa shape index (κ1) is 13.3. The summed E-state index contributed by atoms with van der Waals surface area (Å²) in [4.78, 5) is 26.3. The third-order valence-corrected chi connectivity index (χ3v) is 3.26. The number of aromatic nitrogens is 1. The number of pyridine rings is 1. The lowest BCUT2D eigenvalue weighted by Crippen LogP contribution is -2.06. The van der Waals surface area contributed by atoms with E-state index in [1.807, 2.05) is 0 Å². The molecule has 0 radical (unpaired) electrons. The fourth-order valence-corrected chi connectivity index (χ4v) is 2.10. The van der Waals surface area contributed by atoms with Crippen LogP contribution in [0.3, 0.4) is 0 Å². The van der Waals surface area contributed by atoms with E-state index in [1.165, 1.54) is 18.3 Å².